The molecule has 2 rings (SSSR count). The Morgan fingerprint density at radius 1 is 1.29 bits per heavy atom. The summed E-state index contributed by atoms with van der Waals surface area (Å²) >= 11 is 0. The Bertz CT molecular complexity index is 593. The van der Waals surface area contributed by atoms with Gasteiger partial charge in [0.1, 0.15) is 12.1 Å². The molecule has 0 radical (unpaired) electrons. The molecule has 0 spiro atoms. The fourth-order valence-corrected chi connectivity index (χ4v) is 1.73. The fourth-order valence-electron chi connectivity index (χ4n) is 1.73. The molecule has 1 aliphatic carbocycles. The first kappa shape index (κ1) is 15.1. The summed E-state index contributed by atoms with van der Waals surface area (Å²) in [6, 6.07) is 0. The van der Waals surface area contributed by atoms with Gasteiger partial charge in [-0.05, 0) is 25.0 Å². The molecule has 112 valence electrons. The second-order valence-corrected chi connectivity index (χ2v) is 5.39. The molecule has 0 N–H and O–H groups in total. The highest BCUT2D eigenvalue weighted by molar-refractivity contribution is 5.80. The first-order valence-electron chi connectivity index (χ1n) is 6.71. The number of rotatable bonds is 3. The van der Waals surface area contributed by atoms with Gasteiger partial charge >= 0.3 is 12.0 Å². The van der Waals surface area contributed by atoms with Crippen LogP contribution in [0, 0.1) is 0 Å². The van der Waals surface area contributed by atoms with Crippen molar-refractivity contribution in [2.75, 3.05) is 33.1 Å². The van der Waals surface area contributed by atoms with Crippen LogP contribution in [0.5, 0.6) is 0 Å². The first-order valence-corrected chi connectivity index (χ1v) is 6.71. The van der Waals surface area contributed by atoms with Gasteiger partial charge in [0.2, 0.25) is 5.95 Å². The Balaban J connectivity index is 2.20. The van der Waals surface area contributed by atoms with Crippen molar-refractivity contribution in [3.8, 4) is 0 Å². The Labute approximate surface area is 124 Å². The molecule has 0 saturated carbocycles. The molecule has 0 atom stereocenters. The molecular weight excluding hydrogens is 270 g/mol. The van der Waals surface area contributed by atoms with Gasteiger partial charge in [-0.2, -0.15) is 14.3 Å². The van der Waals surface area contributed by atoms with Crippen LogP contribution in [-0.4, -0.2) is 49.2 Å². The van der Waals surface area contributed by atoms with Gasteiger partial charge in [0, 0.05) is 14.1 Å². The molecule has 1 heterocycles. The Kier molecular flexibility index (Phi) is 4.32. The van der Waals surface area contributed by atoms with Gasteiger partial charge in [0.25, 0.3) is 0 Å². The Morgan fingerprint density at radius 3 is 2.67 bits per heavy atom. The Morgan fingerprint density at radius 2 is 2.05 bits per heavy atom. The van der Waals surface area contributed by atoms with Crippen LogP contribution in [0.4, 0.5) is 16.7 Å². The molecule has 0 aromatic carbocycles. The zero-order chi connectivity index (χ0) is 15.5. The number of anilines is 1. The number of hydrogen-bond acceptors (Lipinski definition) is 6. The summed E-state index contributed by atoms with van der Waals surface area (Å²) < 4.78 is 5.19. The van der Waals surface area contributed by atoms with Crippen molar-refractivity contribution in [3.05, 3.63) is 30.3 Å². The van der Waals surface area contributed by atoms with Crippen LogP contribution < -0.4 is 9.38 Å². The SMILES string of the molecule is CN(C)c1ncnc([N+](C)(C)C(=O)OC2=CCCC=C2)n1. The van der Waals surface area contributed by atoms with Crippen molar-refractivity contribution >= 4 is 18.0 Å². The van der Waals surface area contributed by atoms with E-state index in [2.05, 4.69) is 15.0 Å². The van der Waals surface area contributed by atoms with Crippen molar-refractivity contribution in [3.63, 3.8) is 0 Å². The number of amides is 1. The van der Waals surface area contributed by atoms with Gasteiger partial charge in [-0.15, -0.1) is 4.98 Å². The van der Waals surface area contributed by atoms with E-state index in [1.807, 2.05) is 26.2 Å². The van der Waals surface area contributed by atoms with E-state index in [-0.39, 0.29) is 4.48 Å². The summed E-state index contributed by atoms with van der Waals surface area (Å²) in [6.07, 6.45) is 8.49. The second-order valence-electron chi connectivity index (χ2n) is 5.39. The molecule has 7 heteroatoms. The molecule has 1 aromatic heterocycles. The number of hydrogen-bond donors (Lipinski definition) is 0. The number of aromatic nitrogens is 3. The Hall–Kier alpha value is -2.28. The maximum absolute atomic E-state index is 12.4. The molecule has 0 fully saturated rings. The third kappa shape index (κ3) is 3.43. The number of carbonyl (C=O) groups is 1. The molecule has 0 aliphatic heterocycles. The highest BCUT2D eigenvalue weighted by Crippen LogP contribution is 2.19. The van der Waals surface area contributed by atoms with Crippen LogP contribution >= 0.6 is 0 Å². The maximum atomic E-state index is 12.4. The zero-order valence-corrected chi connectivity index (χ0v) is 12.8. The standard InChI is InChI=1S/C14H20N5O2/c1-18(2)12-15-10-16-13(17-12)19(3,4)14(20)21-11-8-6-5-7-9-11/h6,8-10H,5,7H2,1-4H3/q+1. The second kappa shape index (κ2) is 6.01. The fraction of sp³-hybridized carbons (Fsp3) is 0.429. The third-order valence-electron chi connectivity index (χ3n) is 3.07. The average molecular weight is 290 g/mol. The van der Waals surface area contributed by atoms with Gasteiger partial charge < -0.3 is 9.64 Å². The lowest BCUT2D eigenvalue weighted by Gasteiger charge is -2.23. The molecule has 7 nitrogen and oxygen atoms in total. The van der Waals surface area contributed by atoms with Gasteiger partial charge in [-0.1, -0.05) is 6.08 Å². The van der Waals surface area contributed by atoms with E-state index in [0.717, 1.165) is 12.8 Å². The minimum Gasteiger partial charge on any atom is -0.381 e. The van der Waals surface area contributed by atoms with Gasteiger partial charge in [-0.3, -0.25) is 0 Å². The van der Waals surface area contributed by atoms with Gasteiger partial charge in [-0.25, -0.2) is 4.98 Å². The molecule has 0 saturated heterocycles. The first-order chi connectivity index (χ1) is 9.91. The topological polar surface area (TPSA) is 68.2 Å². The lowest BCUT2D eigenvalue weighted by Crippen LogP contribution is -2.48. The summed E-state index contributed by atoms with van der Waals surface area (Å²) in [5.74, 6) is 1.40. The lowest BCUT2D eigenvalue weighted by atomic mass is 10.2. The predicted octanol–water partition coefficient (Wildman–Crippen LogP) is 1.88. The number of ether oxygens (including phenoxy) is 1. The van der Waals surface area contributed by atoms with Crippen LogP contribution in [0.1, 0.15) is 12.8 Å². The van der Waals surface area contributed by atoms with E-state index in [1.54, 1.807) is 25.1 Å². The van der Waals surface area contributed by atoms with Crippen molar-refractivity contribution in [1.29, 1.82) is 0 Å². The molecule has 0 bridgehead atoms. The summed E-state index contributed by atoms with van der Waals surface area (Å²) in [7, 11) is 7.03. The van der Waals surface area contributed by atoms with Crippen LogP contribution in [0.3, 0.4) is 0 Å². The summed E-state index contributed by atoms with van der Waals surface area (Å²) in [5, 5.41) is 0. The monoisotopic (exact) mass is 290 g/mol. The highest BCUT2D eigenvalue weighted by Gasteiger charge is 2.36. The largest absolute Gasteiger partial charge is 0.528 e. The van der Waals surface area contributed by atoms with E-state index in [0.29, 0.717) is 17.7 Å². The normalized spacial score (nSPS) is 14.6. The summed E-state index contributed by atoms with van der Waals surface area (Å²) in [6.45, 7) is 0. The minimum atomic E-state index is -0.441. The van der Waals surface area contributed by atoms with E-state index >= 15 is 0 Å². The predicted molar refractivity (Wildman–Crippen MR) is 80.7 cm³/mol. The quantitative estimate of drug-likeness (QED) is 0.792. The highest BCUT2D eigenvalue weighted by atomic mass is 16.6. The molecular formula is C14H20N5O2+. The van der Waals surface area contributed by atoms with Crippen LogP contribution in [0.25, 0.3) is 0 Å². The molecule has 1 aliphatic rings. The van der Waals surface area contributed by atoms with E-state index in [9.17, 15) is 4.79 Å². The van der Waals surface area contributed by atoms with Crippen molar-refractivity contribution in [2.24, 2.45) is 0 Å². The maximum Gasteiger partial charge on any atom is 0.528 e. The lowest BCUT2D eigenvalue weighted by molar-refractivity contribution is 0.147. The molecule has 21 heavy (non-hydrogen) atoms. The van der Waals surface area contributed by atoms with Crippen LogP contribution in [0.2, 0.25) is 0 Å². The molecule has 1 amide bonds. The van der Waals surface area contributed by atoms with Crippen molar-refractivity contribution in [1.82, 2.24) is 19.4 Å². The molecule has 1 aromatic rings. The van der Waals surface area contributed by atoms with Crippen molar-refractivity contribution in [2.45, 2.75) is 12.8 Å². The van der Waals surface area contributed by atoms with E-state index < -0.39 is 6.09 Å². The van der Waals surface area contributed by atoms with Gasteiger partial charge in [0.05, 0.1) is 14.1 Å². The number of quaternary nitrogens is 1. The van der Waals surface area contributed by atoms with Gasteiger partial charge in [0.15, 0.2) is 0 Å². The van der Waals surface area contributed by atoms with E-state index in [1.165, 1.54) is 6.33 Å². The summed E-state index contributed by atoms with van der Waals surface area (Å²) in [4.78, 5) is 26.6. The smallest absolute Gasteiger partial charge is 0.381 e. The van der Waals surface area contributed by atoms with Crippen LogP contribution in [-0.2, 0) is 4.74 Å². The summed E-state index contributed by atoms with van der Waals surface area (Å²) in [5.41, 5.74) is 0. The number of allylic oxidation sites excluding steroid dienone is 3. The third-order valence-corrected chi connectivity index (χ3v) is 3.07. The zero-order valence-electron chi connectivity index (χ0n) is 12.8. The van der Waals surface area contributed by atoms with E-state index in [4.69, 9.17) is 4.74 Å². The van der Waals surface area contributed by atoms with Crippen molar-refractivity contribution < 1.29 is 9.53 Å². The minimum absolute atomic E-state index is 0.214. The molecule has 0 unspecified atom stereocenters. The average Bonchev–Trinajstić information content (AvgIpc) is 2.48. The number of nitrogens with zero attached hydrogens (tertiary/aromatic N) is 5. The number of carbonyl (C=O) groups excluding carboxylic acids is 1. The van der Waals surface area contributed by atoms with Crippen LogP contribution in [0.15, 0.2) is 30.3 Å².